The largest absolute Gasteiger partial charge is 0.323 e. The van der Waals surface area contributed by atoms with Crippen molar-refractivity contribution >= 4 is 5.91 Å². The van der Waals surface area contributed by atoms with Crippen LogP contribution < -0.4 is 5.32 Å². The van der Waals surface area contributed by atoms with Gasteiger partial charge in [-0.1, -0.05) is 6.92 Å². The van der Waals surface area contributed by atoms with Crippen LogP contribution in [0, 0.1) is 0 Å². The lowest BCUT2D eigenvalue weighted by atomic mass is 10.2. The van der Waals surface area contributed by atoms with Crippen LogP contribution in [-0.4, -0.2) is 36.5 Å². The van der Waals surface area contributed by atoms with Gasteiger partial charge in [0, 0.05) is 0 Å². The molecule has 1 rings (SSSR count). The normalized spacial score (nSPS) is 24.2. The Morgan fingerprint density at radius 2 is 2.42 bits per heavy atom. The number of nitrogens with zero attached hydrogens (tertiary/aromatic N) is 1. The number of carbonyl (C=O) groups excluding carboxylic acids is 1. The molecule has 1 amide bonds. The monoisotopic (exact) mass is 178 g/mol. The van der Waals surface area contributed by atoms with E-state index in [4.69, 9.17) is 0 Å². The summed E-state index contributed by atoms with van der Waals surface area (Å²) in [4.78, 5) is 12.4. The minimum Gasteiger partial charge on any atom is -0.323 e. The molecule has 0 spiro atoms. The standard InChI is InChI=1S/C7H12F2N2O/c1-2-5-7(12)11(4-10-5)3-6(8)9/h5-6,10H,2-4H2,1H3. The number of carbonyl (C=O) groups is 1. The first-order valence-corrected chi connectivity index (χ1v) is 3.95. The molecule has 0 bridgehead atoms. The van der Waals surface area contributed by atoms with Crippen molar-refractivity contribution in [2.24, 2.45) is 0 Å². The molecule has 12 heavy (non-hydrogen) atoms. The van der Waals surface area contributed by atoms with Crippen molar-refractivity contribution in [3.8, 4) is 0 Å². The van der Waals surface area contributed by atoms with Crippen LogP contribution in [0.3, 0.4) is 0 Å². The Balaban J connectivity index is 2.44. The van der Waals surface area contributed by atoms with Crippen LogP contribution in [-0.2, 0) is 4.79 Å². The van der Waals surface area contributed by atoms with E-state index < -0.39 is 13.0 Å². The van der Waals surface area contributed by atoms with E-state index in [0.717, 1.165) is 4.90 Å². The molecule has 1 aliphatic heterocycles. The number of rotatable bonds is 3. The van der Waals surface area contributed by atoms with E-state index in [1.54, 1.807) is 0 Å². The average molecular weight is 178 g/mol. The predicted molar refractivity (Wildman–Crippen MR) is 39.8 cm³/mol. The maximum atomic E-state index is 11.9. The van der Waals surface area contributed by atoms with Gasteiger partial charge >= 0.3 is 0 Å². The van der Waals surface area contributed by atoms with Crippen molar-refractivity contribution in [3.05, 3.63) is 0 Å². The zero-order chi connectivity index (χ0) is 9.14. The number of amides is 1. The summed E-state index contributed by atoms with van der Waals surface area (Å²) in [5.41, 5.74) is 0. The first kappa shape index (κ1) is 9.38. The number of hydrogen-bond acceptors (Lipinski definition) is 2. The van der Waals surface area contributed by atoms with Crippen LogP contribution in [0.2, 0.25) is 0 Å². The quantitative estimate of drug-likeness (QED) is 0.679. The molecule has 1 atom stereocenters. The summed E-state index contributed by atoms with van der Waals surface area (Å²) < 4.78 is 23.7. The van der Waals surface area contributed by atoms with E-state index in [1.165, 1.54) is 0 Å². The minimum atomic E-state index is -2.44. The molecular formula is C7H12F2N2O. The second kappa shape index (κ2) is 3.80. The van der Waals surface area contributed by atoms with E-state index in [0.29, 0.717) is 6.42 Å². The first-order valence-electron chi connectivity index (χ1n) is 3.95. The summed E-state index contributed by atoms with van der Waals surface area (Å²) in [5.74, 6) is -0.210. The highest BCUT2D eigenvalue weighted by Crippen LogP contribution is 2.08. The van der Waals surface area contributed by atoms with Crippen LogP contribution in [0.4, 0.5) is 8.78 Å². The highest BCUT2D eigenvalue weighted by molar-refractivity contribution is 5.83. The second-order valence-corrected chi connectivity index (χ2v) is 2.77. The molecule has 1 fully saturated rings. The molecule has 0 aromatic heterocycles. The predicted octanol–water partition coefficient (Wildman–Crippen LogP) is 0.419. The summed E-state index contributed by atoms with van der Waals surface area (Å²) in [6.45, 7) is 1.64. The van der Waals surface area contributed by atoms with E-state index >= 15 is 0 Å². The molecule has 3 nitrogen and oxygen atoms in total. The fourth-order valence-electron chi connectivity index (χ4n) is 1.25. The van der Waals surface area contributed by atoms with Gasteiger partial charge in [0.1, 0.15) is 0 Å². The third-order valence-corrected chi connectivity index (χ3v) is 1.90. The summed E-state index contributed by atoms with van der Waals surface area (Å²) in [6, 6.07) is -0.260. The summed E-state index contributed by atoms with van der Waals surface area (Å²) in [5, 5.41) is 2.85. The summed E-state index contributed by atoms with van der Waals surface area (Å²) >= 11 is 0. The summed E-state index contributed by atoms with van der Waals surface area (Å²) in [6.07, 6.45) is -1.79. The number of alkyl halides is 2. The maximum absolute atomic E-state index is 11.9. The first-order chi connectivity index (χ1) is 5.65. The molecular weight excluding hydrogens is 166 g/mol. The van der Waals surface area contributed by atoms with Crippen LogP contribution in [0.15, 0.2) is 0 Å². The molecule has 1 N–H and O–H groups in total. The van der Waals surface area contributed by atoms with Gasteiger partial charge in [0.05, 0.1) is 19.3 Å². The molecule has 1 unspecified atom stereocenters. The summed E-state index contributed by atoms with van der Waals surface area (Å²) in [7, 11) is 0. The van der Waals surface area contributed by atoms with Crippen molar-refractivity contribution in [1.29, 1.82) is 0 Å². The highest BCUT2D eigenvalue weighted by Gasteiger charge is 2.30. The Morgan fingerprint density at radius 1 is 1.75 bits per heavy atom. The van der Waals surface area contributed by atoms with E-state index in [2.05, 4.69) is 5.32 Å². The minimum absolute atomic E-state index is 0.210. The average Bonchev–Trinajstić information content (AvgIpc) is 2.32. The zero-order valence-electron chi connectivity index (χ0n) is 6.89. The smallest absolute Gasteiger partial charge is 0.255 e. The van der Waals surface area contributed by atoms with Crippen LogP contribution >= 0.6 is 0 Å². The van der Waals surface area contributed by atoms with Crippen LogP contribution in [0.5, 0.6) is 0 Å². The molecule has 1 heterocycles. The van der Waals surface area contributed by atoms with Gasteiger partial charge in [-0.2, -0.15) is 0 Å². The van der Waals surface area contributed by atoms with Crippen molar-refractivity contribution in [1.82, 2.24) is 10.2 Å². The van der Waals surface area contributed by atoms with Crippen molar-refractivity contribution in [3.63, 3.8) is 0 Å². The molecule has 0 aromatic carbocycles. The number of nitrogens with one attached hydrogen (secondary N) is 1. The van der Waals surface area contributed by atoms with E-state index in [9.17, 15) is 13.6 Å². The van der Waals surface area contributed by atoms with E-state index in [-0.39, 0.29) is 18.6 Å². The van der Waals surface area contributed by atoms with Crippen LogP contribution in [0.1, 0.15) is 13.3 Å². The fraction of sp³-hybridized carbons (Fsp3) is 0.857. The highest BCUT2D eigenvalue weighted by atomic mass is 19.3. The lowest BCUT2D eigenvalue weighted by molar-refractivity contribution is -0.130. The molecule has 0 aromatic rings. The number of halogens is 2. The third kappa shape index (κ3) is 1.91. The molecule has 0 saturated carbocycles. The Kier molecular flexibility index (Phi) is 2.97. The molecule has 0 aliphatic carbocycles. The van der Waals surface area contributed by atoms with E-state index in [1.807, 2.05) is 6.92 Å². The van der Waals surface area contributed by atoms with Gasteiger partial charge in [-0.05, 0) is 6.42 Å². The Hall–Kier alpha value is -0.710. The van der Waals surface area contributed by atoms with Crippen molar-refractivity contribution in [2.75, 3.05) is 13.2 Å². The van der Waals surface area contributed by atoms with Gasteiger partial charge in [-0.25, -0.2) is 8.78 Å². The lowest BCUT2D eigenvalue weighted by Crippen LogP contribution is -2.33. The van der Waals surface area contributed by atoms with Gasteiger partial charge in [0.15, 0.2) is 0 Å². The zero-order valence-corrected chi connectivity index (χ0v) is 6.89. The Labute approximate surface area is 69.7 Å². The Bertz CT molecular complexity index is 175. The SMILES string of the molecule is CCC1NCN(CC(F)F)C1=O. The topological polar surface area (TPSA) is 32.3 Å². The molecule has 1 aliphatic rings. The second-order valence-electron chi connectivity index (χ2n) is 2.77. The van der Waals surface area contributed by atoms with Gasteiger partial charge in [-0.15, -0.1) is 0 Å². The maximum Gasteiger partial charge on any atom is 0.255 e. The van der Waals surface area contributed by atoms with Gasteiger partial charge < -0.3 is 4.90 Å². The van der Waals surface area contributed by atoms with Crippen LogP contribution in [0.25, 0.3) is 0 Å². The molecule has 1 saturated heterocycles. The Morgan fingerprint density at radius 3 is 2.83 bits per heavy atom. The van der Waals surface area contributed by atoms with Gasteiger partial charge in [-0.3, -0.25) is 10.1 Å². The van der Waals surface area contributed by atoms with Gasteiger partial charge in [0.2, 0.25) is 5.91 Å². The van der Waals surface area contributed by atoms with Crippen molar-refractivity contribution in [2.45, 2.75) is 25.8 Å². The molecule has 5 heteroatoms. The fourth-order valence-corrected chi connectivity index (χ4v) is 1.25. The van der Waals surface area contributed by atoms with Crippen molar-refractivity contribution < 1.29 is 13.6 Å². The third-order valence-electron chi connectivity index (χ3n) is 1.90. The van der Waals surface area contributed by atoms with Gasteiger partial charge in [0.25, 0.3) is 6.43 Å². The number of hydrogen-bond donors (Lipinski definition) is 1. The molecule has 70 valence electrons. The lowest BCUT2D eigenvalue weighted by Gasteiger charge is -2.13. The molecule has 0 radical (unpaired) electrons.